The first-order chi connectivity index (χ1) is 7.08. The molecule has 1 aromatic heterocycles. The van der Waals surface area contributed by atoms with Crippen LogP contribution in [0.2, 0.25) is 0 Å². The van der Waals surface area contributed by atoms with Gasteiger partial charge in [-0.25, -0.2) is 4.79 Å². The van der Waals surface area contributed by atoms with Crippen LogP contribution in [0.25, 0.3) is 10.1 Å². The van der Waals surface area contributed by atoms with Crippen LogP contribution in [-0.2, 0) is 0 Å². The van der Waals surface area contributed by atoms with Gasteiger partial charge < -0.3 is 5.11 Å². The number of fused-ring (bicyclic) bond motifs is 1. The molecular weight excluding hydrogens is 212 g/mol. The van der Waals surface area contributed by atoms with Crippen LogP contribution in [0.4, 0.5) is 0 Å². The molecule has 0 saturated heterocycles. The molecule has 2 aromatic rings. The second-order valence-corrected chi connectivity index (χ2v) is 4.36. The highest BCUT2D eigenvalue weighted by Crippen LogP contribution is 2.19. The van der Waals surface area contributed by atoms with E-state index in [1.165, 1.54) is 6.07 Å². The molecule has 76 valence electrons. The molecule has 0 bridgehead atoms. The molecule has 0 aliphatic carbocycles. The van der Waals surface area contributed by atoms with Gasteiger partial charge in [-0.3, -0.25) is 4.79 Å². The summed E-state index contributed by atoms with van der Waals surface area (Å²) in [7, 11) is 0. The van der Waals surface area contributed by atoms with E-state index in [4.69, 9.17) is 5.11 Å². The van der Waals surface area contributed by atoms with Crippen molar-refractivity contribution in [3.63, 3.8) is 0 Å². The predicted molar refractivity (Wildman–Crippen MR) is 59.8 cm³/mol. The van der Waals surface area contributed by atoms with Crippen LogP contribution in [0.3, 0.4) is 0 Å². The minimum atomic E-state index is -1.06. The Kier molecular flexibility index (Phi) is 2.28. The average Bonchev–Trinajstić information content (AvgIpc) is 2.18. The van der Waals surface area contributed by atoms with Crippen LogP contribution in [0.15, 0.2) is 29.1 Å². The van der Waals surface area contributed by atoms with E-state index in [1.54, 1.807) is 12.1 Å². The third-order valence-corrected chi connectivity index (χ3v) is 3.18. The van der Waals surface area contributed by atoms with Crippen molar-refractivity contribution in [1.29, 1.82) is 0 Å². The Morgan fingerprint density at radius 1 is 1.33 bits per heavy atom. The number of benzene rings is 1. The average molecular weight is 220 g/mol. The quantitative estimate of drug-likeness (QED) is 0.802. The van der Waals surface area contributed by atoms with Crippen molar-refractivity contribution in [3.8, 4) is 0 Å². The summed E-state index contributed by atoms with van der Waals surface area (Å²) >= 11 is 1.12. The van der Waals surface area contributed by atoms with Gasteiger partial charge in [0.25, 0.3) is 0 Å². The van der Waals surface area contributed by atoms with Crippen LogP contribution in [0.5, 0.6) is 0 Å². The molecule has 1 heterocycles. The second kappa shape index (κ2) is 3.47. The standard InChI is InChI=1S/C11H8O3S/c1-6-2-3-9-7(4-6)8(12)5-10(15-9)11(13)14/h2-5H,1H3,(H,13,14). The van der Waals surface area contributed by atoms with Gasteiger partial charge in [0.1, 0.15) is 4.88 Å². The lowest BCUT2D eigenvalue weighted by atomic mass is 10.2. The van der Waals surface area contributed by atoms with Gasteiger partial charge in [0.05, 0.1) is 0 Å². The fourth-order valence-corrected chi connectivity index (χ4v) is 2.27. The van der Waals surface area contributed by atoms with Gasteiger partial charge >= 0.3 is 5.97 Å². The zero-order chi connectivity index (χ0) is 11.0. The van der Waals surface area contributed by atoms with Crippen molar-refractivity contribution < 1.29 is 9.90 Å². The van der Waals surface area contributed by atoms with Gasteiger partial charge in [-0.2, -0.15) is 0 Å². The van der Waals surface area contributed by atoms with Crippen LogP contribution < -0.4 is 5.43 Å². The molecule has 4 heteroatoms. The van der Waals surface area contributed by atoms with E-state index in [9.17, 15) is 9.59 Å². The Balaban J connectivity index is 2.84. The molecule has 15 heavy (non-hydrogen) atoms. The summed E-state index contributed by atoms with van der Waals surface area (Å²) in [5, 5.41) is 9.38. The Labute approximate surface area is 89.6 Å². The summed E-state index contributed by atoms with van der Waals surface area (Å²) in [6.45, 7) is 1.90. The molecule has 0 radical (unpaired) electrons. The second-order valence-electron chi connectivity index (χ2n) is 3.28. The molecular formula is C11H8O3S. The molecule has 0 amide bonds. The van der Waals surface area contributed by atoms with Crippen LogP contribution in [0.1, 0.15) is 15.2 Å². The predicted octanol–water partition coefficient (Wildman–Crippen LogP) is 2.27. The Hall–Kier alpha value is -1.68. The lowest BCUT2D eigenvalue weighted by Crippen LogP contribution is -2.04. The maximum atomic E-state index is 11.6. The molecule has 2 rings (SSSR count). The number of aromatic carboxylic acids is 1. The van der Waals surface area contributed by atoms with Gasteiger partial charge in [0.15, 0.2) is 5.43 Å². The van der Waals surface area contributed by atoms with Gasteiger partial charge in [-0.1, -0.05) is 11.6 Å². The SMILES string of the molecule is Cc1ccc2sc(C(=O)O)cc(=O)c2c1. The van der Waals surface area contributed by atoms with E-state index in [0.29, 0.717) is 10.1 Å². The molecule has 0 spiro atoms. The maximum Gasteiger partial charge on any atom is 0.346 e. The highest BCUT2D eigenvalue weighted by molar-refractivity contribution is 7.20. The topological polar surface area (TPSA) is 54.4 Å². The van der Waals surface area contributed by atoms with Crippen LogP contribution >= 0.6 is 11.3 Å². The first-order valence-corrected chi connectivity index (χ1v) is 5.17. The van der Waals surface area contributed by atoms with Crippen molar-refractivity contribution >= 4 is 27.4 Å². The summed E-state index contributed by atoms with van der Waals surface area (Å²) in [5.74, 6) is -1.06. The third kappa shape index (κ3) is 1.76. The summed E-state index contributed by atoms with van der Waals surface area (Å²) in [6, 6.07) is 6.60. The van der Waals surface area contributed by atoms with Crippen molar-refractivity contribution in [2.75, 3.05) is 0 Å². The zero-order valence-electron chi connectivity index (χ0n) is 7.98. The smallest absolute Gasteiger partial charge is 0.346 e. The molecule has 0 atom stereocenters. The molecule has 0 saturated carbocycles. The number of hydrogen-bond acceptors (Lipinski definition) is 3. The number of hydrogen-bond donors (Lipinski definition) is 1. The van der Waals surface area contributed by atoms with E-state index in [0.717, 1.165) is 16.9 Å². The zero-order valence-corrected chi connectivity index (χ0v) is 8.80. The van der Waals surface area contributed by atoms with Gasteiger partial charge in [-0.15, -0.1) is 11.3 Å². The summed E-state index contributed by atoms with van der Waals surface area (Å²) < 4.78 is 0.713. The molecule has 0 aliphatic rings. The van der Waals surface area contributed by atoms with Gasteiger partial charge in [0, 0.05) is 16.2 Å². The van der Waals surface area contributed by atoms with E-state index in [-0.39, 0.29) is 10.3 Å². The fraction of sp³-hybridized carbons (Fsp3) is 0.0909. The van der Waals surface area contributed by atoms with Gasteiger partial charge in [0.2, 0.25) is 0 Å². The lowest BCUT2D eigenvalue weighted by Gasteiger charge is -1.99. The lowest BCUT2D eigenvalue weighted by molar-refractivity contribution is 0.0702. The molecule has 0 fully saturated rings. The Bertz CT molecular complexity index is 598. The first-order valence-electron chi connectivity index (χ1n) is 4.36. The van der Waals surface area contributed by atoms with E-state index in [2.05, 4.69) is 0 Å². The minimum Gasteiger partial charge on any atom is -0.477 e. The van der Waals surface area contributed by atoms with Crippen molar-refractivity contribution in [1.82, 2.24) is 0 Å². The number of carbonyl (C=O) groups is 1. The Morgan fingerprint density at radius 3 is 2.73 bits per heavy atom. The molecule has 3 nitrogen and oxygen atoms in total. The van der Waals surface area contributed by atoms with Crippen molar-refractivity contribution in [2.24, 2.45) is 0 Å². The number of rotatable bonds is 1. The third-order valence-electron chi connectivity index (χ3n) is 2.09. The summed E-state index contributed by atoms with van der Waals surface area (Å²) in [5.41, 5.74) is 0.764. The fourth-order valence-electron chi connectivity index (χ4n) is 1.38. The van der Waals surface area contributed by atoms with E-state index >= 15 is 0 Å². The normalized spacial score (nSPS) is 10.5. The Morgan fingerprint density at radius 2 is 2.07 bits per heavy atom. The van der Waals surface area contributed by atoms with Crippen LogP contribution in [0, 0.1) is 6.92 Å². The van der Waals surface area contributed by atoms with Crippen molar-refractivity contribution in [3.05, 3.63) is 44.9 Å². The van der Waals surface area contributed by atoms with Crippen molar-refractivity contribution in [2.45, 2.75) is 6.92 Å². The van der Waals surface area contributed by atoms with E-state index < -0.39 is 5.97 Å². The summed E-state index contributed by atoms with van der Waals surface area (Å²) in [4.78, 5) is 22.4. The summed E-state index contributed by atoms with van der Waals surface area (Å²) in [6.07, 6.45) is 0. The largest absolute Gasteiger partial charge is 0.477 e. The van der Waals surface area contributed by atoms with Gasteiger partial charge in [-0.05, 0) is 19.1 Å². The molecule has 0 unspecified atom stereocenters. The minimum absolute atomic E-state index is 0.0800. The van der Waals surface area contributed by atoms with E-state index in [1.807, 2.05) is 13.0 Å². The number of carboxylic acids is 1. The molecule has 1 aromatic carbocycles. The molecule has 1 N–H and O–H groups in total. The molecule has 0 aliphatic heterocycles. The highest BCUT2D eigenvalue weighted by atomic mass is 32.1. The maximum absolute atomic E-state index is 11.6. The number of carboxylic acid groups (broad SMARTS) is 1. The highest BCUT2D eigenvalue weighted by Gasteiger charge is 2.08. The monoisotopic (exact) mass is 220 g/mol. The van der Waals surface area contributed by atoms with Crippen LogP contribution in [-0.4, -0.2) is 11.1 Å². The first kappa shape index (κ1) is 9.86. The number of aryl methyl sites for hydroxylation is 1.